The monoisotopic (exact) mass is 441 g/mol. The quantitative estimate of drug-likeness (QED) is 0.683. The lowest BCUT2D eigenvalue weighted by Gasteiger charge is -2.39. The van der Waals surface area contributed by atoms with E-state index >= 15 is 0 Å². The molecule has 2 heterocycles. The van der Waals surface area contributed by atoms with Crippen molar-refractivity contribution in [2.24, 2.45) is 23.7 Å². The van der Waals surface area contributed by atoms with Crippen LogP contribution < -0.4 is 5.32 Å². The highest BCUT2D eigenvalue weighted by atomic mass is 16.2. The molecule has 1 aliphatic carbocycles. The van der Waals surface area contributed by atoms with Crippen LogP contribution in [0.2, 0.25) is 0 Å². The zero-order valence-corrected chi connectivity index (χ0v) is 19.6. The minimum atomic E-state index is -0.166. The van der Waals surface area contributed by atoms with E-state index in [0.717, 1.165) is 6.42 Å². The highest BCUT2D eigenvalue weighted by Gasteiger charge is 2.34. The molecule has 0 aromatic carbocycles. The summed E-state index contributed by atoms with van der Waals surface area (Å²) in [6, 6.07) is 0. The van der Waals surface area contributed by atoms with E-state index in [2.05, 4.69) is 42.1 Å². The number of piperazine rings is 1. The van der Waals surface area contributed by atoms with Gasteiger partial charge in [0.2, 0.25) is 11.8 Å². The van der Waals surface area contributed by atoms with Crippen molar-refractivity contribution in [3.63, 3.8) is 0 Å². The molecule has 8 heteroatoms. The molecular formula is C24H35N5O3. The molecule has 1 aromatic heterocycles. The van der Waals surface area contributed by atoms with Crippen molar-refractivity contribution in [2.45, 2.75) is 40.5 Å². The van der Waals surface area contributed by atoms with Crippen LogP contribution in [-0.4, -0.2) is 70.2 Å². The lowest BCUT2D eigenvalue weighted by Crippen LogP contribution is -2.50. The van der Waals surface area contributed by atoms with Crippen LogP contribution in [0.4, 0.5) is 0 Å². The largest absolute Gasteiger partial charge is 0.351 e. The summed E-state index contributed by atoms with van der Waals surface area (Å²) in [5.41, 5.74) is 1.68. The first-order chi connectivity index (χ1) is 15.3. The van der Waals surface area contributed by atoms with Gasteiger partial charge in [-0.15, -0.1) is 0 Å². The lowest BCUT2D eigenvalue weighted by atomic mass is 9.69. The van der Waals surface area contributed by atoms with E-state index in [0.29, 0.717) is 56.5 Å². The van der Waals surface area contributed by atoms with Gasteiger partial charge in [-0.05, 0) is 37.0 Å². The fraction of sp³-hybridized carbons (Fsp3) is 0.625. The van der Waals surface area contributed by atoms with Crippen molar-refractivity contribution >= 4 is 17.7 Å². The lowest BCUT2D eigenvalue weighted by molar-refractivity contribution is -0.139. The van der Waals surface area contributed by atoms with Crippen LogP contribution in [0.3, 0.4) is 0 Å². The molecule has 8 nitrogen and oxygen atoms in total. The third kappa shape index (κ3) is 5.93. The van der Waals surface area contributed by atoms with Gasteiger partial charge in [-0.1, -0.05) is 25.5 Å². The fourth-order valence-corrected chi connectivity index (χ4v) is 4.85. The zero-order chi connectivity index (χ0) is 23.3. The first-order valence-corrected chi connectivity index (χ1v) is 11.5. The Balaban J connectivity index is 1.59. The van der Waals surface area contributed by atoms with Gasteiger partial charge in [-0.25, -0.2) is 9.97 Å². The van der Waals surface area contributed by atoms with Gasteiger partial charge in [0.25, 0.3) is 5.91 Å². The summed E-state index contributed by atoms with van der Waals surface area (Å²) < 4.78 is 0. The number of nitrogens with zero attached hydrogens (tertiary/aromatic N) is 4. The molecule has 3 atom stereocenters. The van der Waals surface area contributed by atoms with Crippen LogP contribution in [-0.2, 0) is 9.59 Å². The molecule has 3 rings (SSSR count). The highest BCUT2D eigenvalue weighted by Crippen LogP contribution is 2.39. The van der Waals surface area contributed by atoms with Gasteiger partial charge in [-0.3, -0.25) is 14.4 Å². The maximum atomic E-state index is 12.9. The predicted octanol–water partition coefficient (Wildman–Crippen LogP) is 2.14. The summed E-state index contributed by atoms with van der Waals surface area (Å²) in [5, 5.41) is 3.02. The number of allylic oxidation sites excluding steroid dienone is 1. The van der Waals surface area contributed by atoms with Crippen molar-refractivity contribution in [3.8, 4) is 0 Å². The number of amides is 3. The van der Waals surface area contributed by atoms with Gasteiger partial charge in [0.15, 0.2) is 0 Å². The number of carbonyl (C=O) groups excluding carboxylic acids is 3. The summed E-state index contributed by atoms with van der Waals surface area (Å²) in [4.78, 5) is 48.4. The second-order valence-corrected chi connectivity index (χ2v) is 9.34. The molecular weight excluding hydrogens is 406 g/mol. The number of hydrogen-bond donors (Lipinski definition) is 1. The Hall–Kier alpha value is -2.77. The number of carbonyl (C=O) groups is 3. The van der Waals surface area contributed by atoms with Crippen LogP contribution >= 0.6 is 0 Å². The van der Waals surface area contributed by atoms with E-state index in [4.69, 9.17) is 0 Å². The zero-order valence-electron chi connectivity index (χ0n) is 19.6. The van der Waals surface area contributed by atoms with Crippen LogP contribution in [0, 0.1) is 23.7 Å². The van der Waals surface area contributed by atoms with Gasteiger partial charge in [0.05, 0.1) is 5.56 Å². The van der Waals surface area contributed by atoms with Crippen molar-refractivity contribution in [1.29, 1.82) is 0 Å². The number of hydrogen-bond acceptors (Lipinski definition) is 5. The third-order valence-electron chi connectivity index (χ3n) is 6.90. The first kappa shape index (κ1) is 23.9. The summed E-state index contributed by atoms with van der Waals surface area (Å²) in [5.74, 6) is 1.35. The third-order valence-corrected chi connectivity index (χ3v) is 6.90. The second-order valence-electron chi connectivity index (χ2n) is 9.34. The Morgan fingerprint density at radius 2 is 1.72 bits per heavy atom. The summed E-state index contributed by atoms with van der Waals surface area (Å²) >= 11 is 0. The molecule has 1 aliphatic heterocycles. The van der Waals surface area contributed by atoms with Crippen molar-refractivity contribution in [3.05, 3.63) is 35.9 Å². The van der Waals surface area contributed by atoms with Crippen molar-refractivity contribution in [1.82, 2.24) is 25.1 Å². The van der Waals surface area contributed by atoms with Crippen LogP contribution in [0.5, 0.6) is 0 Å². The molecule has 0 spiro atoms. The van der Waals surface area contributed by atoms with Gasteiger partial charge in [0.1, 0.15) is 6.33 Å². The van der Waals surface area contributed by atoms with E-state index in [-0.39, 0.29) is 29.6 Å². The molecule has 1 saturated heterocycles. The average molecular weight is 442 g/mol. The Kier molecular flexibility index (Phi) is 7.99. The maximum Gasteiger partial charge on any atom is 0.254 e. The van der Waals surface area contributed by atoms with E-state index < -0.39 is 0 Å². The number of aromatic nitrogens is 2. The Labute approximate surface area is 190 Å². The van der Waals surface area contributed by atoms with Gasteiger partial charge in [-0.2, -0.15) is 0 Å². The Morgan fingerprint density at radius 3 is 2.31 bits per heavy atom. The molecule has 0 unspecified atom stereocenters. The molecule has 1 N–H and O–H groups in total. The van der Waals surface area contributed by atoms with Crippen LogP contribution in [0.1, 0.15) is 50.9 Å². The topological polar surface area (TPSA) is 95.5 Å². The van der Waals surface area contributed by atoms with E-state index in [1.165, 1.54) is 24.3 Å². The maximum absolute atomic E-state index is 12.9. The first-order valence-electron chi connectivity index (χ1n) is 11.5. The van der Waals surface area contributed by atoms with Gasteiger partial charge >= 0.3 is 0 Å². The molecule has 1 fully saturated rings. The van der Waals surface area contributed by atoms with E-state index in [1.807, 2.05) is 4.90 Å². The summed E-state index contributed by atoms with van der Waals surface area (Å²) in [7, 11) is 0. The Bertz CT molecular complexity index is 846. The summed E-state index contributed by atoms with van der Waals surface area (Å²) in [6.45, 7) is 11.1. The molecule has 174 valence electrons. The molecule has 0 radical (unpaired) electrons. The average Bonchev–Trinajstić information content (AvgIpc) is 2.79. The SMILES string of the molecule is CC(=O)N1CCN(C(=O)C[C@@H]2C[C@@H](C(C)C)[C@H](CNC(=O)c3cncnc3)C=C2C)CC1. The van der Waals surface area contributed by atoms with E-state index in [1.54, 1.807) is 11.8 Å². The molecule has 2 aliphatic rings. The van der Waals surface area contributed by atoms with Gasteiger partial charge < -0.3 is 15.1 Å². The molecule has 0 bridgehead atoms. The minimum absolute atomic E-state index is 0.0702. The molecule has 1 aromatic rings. The highest BCUT2D eigenvalue weighted by molar-refractivity contribution is 5.93. The van der Waals surface area contributed by atoms with Crippen LogP contribution in [0.15, 0.2) is 30.4 Å². The number of nitrogens with one attached hydrogen (secondary N) is 1. The Morgan fingerprint density at radius 1 is 1.09 bits per heavy atom. The molecule has 32 heavy (non-hydrogen) atoms. The normalized spacial score (nSPS) is 23.7. The number of rotatable bonds is 6. The smallest absolute Gasteiger partial charge is 0.254 e. The van der Waals surface area contributed by atoms with Crippen molar-refractivity contribution in [2.75, 3.05) is 32.7 Å². The standard InChI is InChI=1S/C24H35N5O3/c1-16(2)22-10-19(11-23(31)29-7-5-28(6-8-29)18(4)30)17(3)9-20(22)14-27-24(32)21-12-25-15-26-13-21/h9,12-13,15-16,19-20,22H,5-8,10-11,14H2,1-4H3,(H,27,32)/t19-,20-,22-/m0/s1. The molecule has 3 amide bonds. The summed E-state index contributed by atoms with van der Waals surface area (Å²) in [6.07, 6.45) is 8.13. The predicted molar refractivity (Wildman–Crippen MR) is 121 cm³/mol. The van der Waals surface area contributed by atoms with Crippen LogP contribution in [0.25, 0.3) is 0 Å². The molecule has 0 saturated carbocycles. The van der Waals surface area contributed by atoms with Gasteiger partial charge in [0, 0.05) is 58.5 Å². The van der Waals surface area contributed by atoms with E-state index in [9.17, 15) is 14.4 Å². The second kappa shape index (κ2) is 10.7. The minimum Gasteiger partial charge on any atom is -0.351 e. The van der Waals surface area contributed by atoms with Crippen molar-refractivity contribution < 1.29 is 14.4 Å². The fourth-order valence-electron chi connectivity index (χ4n) is 4.85.